The molecule has 0 fully saturated rings. The van der Waals surface area contributed by atoms with Gasteiger partial charge in [0.2, 0.25) is 5.91 Å². The van der Waals surface area contributed by atoms with E-state index in [1.54, 1.807) is 19.2 Å². The molecule has 30 heavy (non-hydrogen) atoms. The molecule has 0 aliphatic heterocycles. The number of benzene rings is 2. The summed E-state index contributed by atoms with van der Waals surface area (Å²) in [6, 6.07) is 10.9. The van der Waals surface area contributed by atoms with Crippen molar-refractivity contribution in [3.8, 4) is 0 Å². The fraction of sp³-hybridized carbons (Fsp3) is 0.250. The minimum Gasteiger partial charge on any atom is -0.452 e. The monoisotopic (exact) mass is 414 g/mol. The third-order valence-corrected chi connectivity index (χ3v) is 4.17. The number of non-ortho nitro benzene ring substituents is 1. The van der Waals surface area contributed by atoms with Crippen LogP contribution in [-0.2, 0) is 14.3 Å². The summed E-state index contributed by atoms with van der Waals surface area (Å²) in [4.78, 5) is 47.9. The van der Waals surface area contributed by atoms with Gasteiger partial charge in [-0.25, -0.2) is 4.79 Å². The largest absolute Gasteiger partial charge is 0.452 e. The molecule has 0 unspecified atom stereocenters. The van der Waals surface area contributed by atoms with Gasteiger partial charge >= 0.3 is 5.97 Å². The van der Waals surface area contributed by atoms with Gasteiger partial charge in [-0.1, -0.05) is 17.7 Å². The molecule has 0 saturated heterocycles. The Hall–Kier alpha value is -3.95. The number of esters is 1. The third kappa shape index (κ3) is 6.03. The first kappa shape index (κ1) is 22.3. The Bertz CT molecular complexity index is 958. The highest BCUT2D eigenvalue weighted by molar-refractivity contribution is 5.98. The minimum atomic E-state index is -0.895. The van der Waals surface area contributed by atoms with Gasteiger partial charge < -0.3 is 20.3 Å². The Morgan fingerprint density at radius 2 is 1.80 bits per heavy atom. The maximum absolute atomic E-state index is 12.3. The molecule has 10 nitrogen and oxygen atoms in total. The van der Waals surface area contributed by atoms with E-state index < -0.39 is 29.3 Å². The average Bonchev–Trinajstić information content (AvgIpc) is 2.72. The van der Waals surface area contributed by atoms with E-state index in [9.17, 15) is 24.5 Å². The van der Waals surface area contributed by atoms with E-state index in [-0.39, 0.29) is 17.8 Å². The zero-order valence-electron chi connectivity index (χ0n) is 16.8. The van der Waals surface area contributed by atoms with Crippen molar-refractivity contribution in [1.29, 1.82) is 0 Å². The van der Waals surface area contributed by atoms with E-state index in [4.69, 9.17) is 4.74 Å². The quantitative estimate of drug-likeness (QED) is 0.385. The van der Waals surface area contributed by atoms with Gasteiger partial charge in [0.25, 0.3) is 11.6 Å². The molecule has 0 heterocycles. The summed E-state index contributed by atoms with van der Waals surface area (Å²) < 4.78 is 4.98. The highest BCUT2D eigenvalue weighted by atomic mass is 16.6. The van der Waals surface area contributed by atoms with Crippen LogP contribution in [0.25, 0.3) is 0 Å². The molecular formula is C20H22N4O6. The molecule has 0 atom stereocenters. The van der Waals surface area contributed by atoms with E-state index in [1.807, 2.05) is 19.1 Å². The summed E-state index contributed by atoms with van der Waals surface area (Å²) in [5.74, 6) is -1.90. The van der Waals surface area contributed by atoms with Crippen molar-refractivity contribution in [1.82, 2.24) is 4.90 Å². The fourth-order valence-corrected chi connectivity index (χ4v) is 2.49. The van der Waals surface area contributed by atoms with Gasteiger partial charge in [0.05, 0.1) is 17.0 Å². The van der Waals surface area contributed by atoms with Gasteiger partial charge in [-0.05, 0) is 25.1 Å². The molecule has 0 radical (unpaired) electrons. The lowest BCUT2D eigenvalue weighted by Crippen LogP contribution is -2.37. The lowest BCUT2D eigenvalue weighted by Gasteiger charge is -2.17. The number of anilines is 2. The topological polar surface area (TPSA) is 131 Å². The van der Waals surface area contributed by atoms with Gasteiger partial charge in [-0.3, -0.25) is 19.7 Å². The van der Waals surface area contributed by atoms with Crippen LogP contribution >= 0.6 is 0 Å². The number of aryl methyl sites for hydroxylation is 1. The number of amides is 2. The van der Waals surface area contributed by atoms with Gasteiger partial charge in [0.1, 0.15) is 0 Å². The molecule has 10 heteroatoms. The van der Waals surface area contributed by atoms with Gasteiger partial charge in [0.15, 0.2) is 6.61 Å². The maximum atomic E-state index is 12.3. The molecule has 2 rings (SSSR count). The maximum Gasteiger partial charge on any atom is 0.341 e. The van der Waals surface area contributed by atoms with Crippen LogP contribution in [0.1, 0.15) is 15.9 Å². The van der Waals surface area contributed by atoms with E-state index >= 15 is 0 Å². The van der Waals surface area contributed by atoms with Crippen LogP contribution in [0.2, 0.25) is 0 Å². The summed E-state index contributed by atoms with van der Waals surface area (Å²) in [5, 5.41) is 16.3. The molecule has 158 valence electrons. The van der Waals surface area contributed by atoms with Crippen molar-refractivity contribution in [2.45, 2.75) is 6.92 Å². The number of likely N-dealkylation sites (N-methyl/N-ethyl adjacent to an activating group) is 1. The highest BCUT2D eigenvalue weighted by Crippen LogP contribution is 2.22. The van der Waals surface area contributed by atoms with Gasteiger partial charge in [-0.15, -0.1) is 0 Å². The van der Waals surface area contributed by atoms with Crippen LogP contribution in [0.5, 0.6) is 0 Å². The molecule has 0 aliphatic carbocycles. The van der Waals surface area contributed by atoms with Crippen LogP contribution in [-0.4, -0.2) is 54.9 Å². The number of rotatable bonds is 8. The summed E-state index contributed by atoms with van der Waals surface area (Å²) >= 11 is 0. The summed E-state index contributed by atoms with van der Waals surface area (Å²) in [5.41, 5.74) is 1.62. The second kappa shape index (κ2) is 10.0. The van der Waals surface area contributed by atoms with E-state index in [1.165, 1.54) is 19.2 Å². The van der Waals surface area contributed by atoms with Gasteiger partial charge in [-0.2, -0.15) is 0 Å². The number of ether oxygens (including phenoxy) is 1. The number of hydrogen-bond acceptors (Lipinski definition) is 7. The van der Waals surface area contributed by atoms with Crippen molar-refractivity contribution in [2.24, 2.45) is 0 Å². The molecule has 0 spiro atoms. The number of nitro benzene ring substituents is 1. The molecule has 0 aromatic heterocycles. The van der Waals surface area contributed by atoms with Crippen molar-refractivity contribution < 1.29 is 24.0 Å². The molecular weight excluding hydrogens is 392 g/mol. The molecule has 0 bridgehead atoms. The fourth-order valence-electron chi connectivity index (χ4n) is 2.49. The van der Waals surface area contributed by atoms with Crippen LogP contribution < -0.4 is 10.6 Å². The zero-order chi connectivity index (χ0) is 22.3. The molecule has 0 aliphatic rings. The number of hydrogen-bond donors (Lipinski definition) is 2. The second-order valence-electron chi connectivity index (χ2n) is 6.48. The highest BCUT2D eigenvalue weighted by Gasteiger charge is 2.20. The normalized spacial score (nSPS) is 10.1. The van der Waals surface area contributed by atoms with Crippen molar-refractivity contribution >= 4 is 34.8 Å². The number of carbonyl (C=O) groups is 3. The predicted octanol–water partition coefficient (Wildman–Crippen LogP) is 2.20. The first-order valence-corrected chi connectivity index (χ1v) is 8.95. The standard InChI is InChI=1S/C20H22N4O6/c1-13-4-6-14(7-5-13)22-18(25)11-23(3)19(26)12-30-20(27)16-10-15(24(28)29)8-9-17(16)21-2/h4-10,21H,11-12H2,1-3H3,(H,22,25). The Kier molecular flexibility index (Phi) is 7.45. The summed E-state index contributed by atoms with van der Waals surface area (Å²) in [6.07, 6.45) is 0. The lowest BCUT2D eigenvalue weighted by molar-refractivity contribution is -0.384. The first-order chi connectivity index (χ1) is 14.2. The average molecular weight is 414 g/mol. The third-order valence-electron chi connectivity index (χ3n) is 4.17. The van der Waals surface area contributed by atoms with Crippen molar-refractivity contribution in [3.63, 3.8) is 0 Å². The summed E-state index contributed by atoms with van der Waals surface area (Å²) in [6.45, 7) is 1.08. The van der Waals surface area contributed by atoms with Crippen LogP contribution in [0.15, 0.2) is 42.5 Å². The SMILES string of the molecule is CNc1ccc([N+](=O)[O-])cc1C(=O)OCC(=O)N(C)CC(=O)Nc1ccc(C)cc1. The number of nitrogens with one attached hydrogen (secondary N) is 2. The Balaban J connectivity index is 1.92. The van der Waals surface area contributed by atoms with Crippen molar-refractivity contribution in [2.75, 3.05) is 37.9 Å². The molecule has 0 saturated carbocycles. The smallest absolute Gasteiger partial charge is 0.341 e. The van der Waals surface area contributed by atoms with Gasteiger partial charge in [0, 0.05) is 37.6 Å². The van der Waals surface area contributed by atoms with E-state index in [0.29, 0.717) is 11.4 Å². The minimum absolute atomic E-state index is 0.0701. The van der Waals surface area contributed by atoms with E-state index in [0.717, 1.165) is 16.5 Å². The van der Waals surface area contributed by atoms with Crippen LogP contribution in [0, 0.1) is 17.0 Å². The van der Waals surface area contributed by atoms with Crippen molar-refractivity contribution in [3.05, 3.63) is 63.7 Å². The Morgan fingerprint density at radius 3 is 2.40 bits per heavy atom. The molecule has 2 amide bonds. The second-order valence-corrected chi connectivity index (χ2v) is 6.48. The van der Waals surface area contributed by atoms with Crippen LogP contribution in [0.3, 0.4) is 0 Å². The van der Waals surface area contributed by atoms with Crippen LogP contribution in [0.4, 0.5) is 17.1 Å². The zero-order valence-corrected chi connectivity index (χ0v) is 16.8. The lowest BCUT2D eigenvalue weighted by atomic mass is 10.1. The number of nitrogens with zero attached hydrogens (tertiary/aromatic N) is 2. The Labute approximate surface area is 173 Å². The summed E-state index contributed by atoms with van der Waals surface area (Å²) in [7, 11) is 2.95. The predicted molar refractivity (Wildman–Crippen MR) is 110 cm³/mol. The number of nitro groups is 1. The molecule has 2 aromatic carbocycles. The first-order valence-electron chi connectivity index (χ1n) is 8.95. The number of carbonyl (C=O) groups excluding carboxylic acids is 3. The molecule has 2 N–H and O–H groups in total. The Morgan fingerprint density at radius 1 is 1.13 bits per heavy atom. The molecule has 2 aromatic rings. The van der Waals surface area contributed by atoms with E-state index in [2.05, 4.69) is 10.6 Å².